The van der Waals surface area contributed by atoms with Crippen molar-refractivity contribution < 1.29 is 14.0 Å². The number of hydrogen-bond donors (Lipinski definition) is 0. The Morgan fingerprint density at radius 2 is 1.51 bits per heavy atom. The molecule has 1 heterocycles. The SMILES string of the molecule is C=C(/C=C\C(=C/C)P(c1ccccc1)C(C)(C)C)CC.C=C(C(C)=O)c1cc(F)c(C(C)=O)cc1C.Cc1ncccn1. The molecular formula is C37H46FN2O2P. The smallest absolute Gasteiger partial charge is 0.162 e. The molecule has 0 saturated carbocycles. The van der Waals surface area contributed by atoms with E-state index < -0.39 is 5.82 Å². The standard InChI is InChI=1S/C19H27P.C13H13FO2.C5H6N2/c1-7-16(3)14-15-17(8-2)20(19(4,5)6)18-12-10-9-11-13-18;1-7-5-12(10(4)16)13(14)6-11(7)8(2)9(3)15;1-5-6-3-2-4-7-5/h8-15H,3,7H2,1-2,4-6H3;5-6H,2H2,1,3-4H3;2-4H,1H3/b15-14-,17-8+;;. The van der Waals surface area contributed by atoms with E-state index >= 15 is 0 Å². The second-order valence-electron chi connectivity index (χ2n) is 10.9. The zero-order chi connectivity index (χ0) is 32.7. The summed E-state index contributed by atoms with van der Waals surface area (Å²) in [7, 11) is -0.363. The van der Waals surface area contributed by atoms with Crippen LogP contribution in [-0.4, -0.2) is 26.7 Å². The van der Waals surface area contributed by atoms with Gasteiger partial charge in [-0.15, -0.1) is 0 Å². The summed E-state index contributed by atoms with van der Waals surface area (Å²) in [6.07, 6.45) is 11.1. The first-order valence-corrected chi connectivity index (χ1v) is 15.6. The minimum atomic E-state index is -0.615. The molecule has 0 spiro atoms. The lowest BCUT2D eigenvalue weighted by atomic mass is 9.96. The van der Waals surface area contributed by atoms with Crippen LogP contribution in [0.1, 0.15) is 82.2 Å². The number of aryl methyl sites for hydroxylation is 2. The highest BCUT2D eigenvalue weighted by molar-refractivity contribution is 7.71. The summed E-state index contributed by atoms with van der Waals surface area (Å²) in [5.74, 6) is -0.336. The number of hydrogen-bond acceptors (Lipinski definition) is 4. The Kier molecular flexibility index (Phi) is 15.6. The third-order valence-electron chi connectivity index (χ3n) is 6.32. The average Bonchev–Trinajstić information content (AvgIpc) is 2.96. The van der Waals surface area contributed by atoms with Gasteiger partial charge in [0.15, 0.2) is 11.6 Å². The fraction of sp³-hybridized carbons (Fsp3) is 0.297. The van der Waals surface area contributed by atoms with Gasteiger partial charge in [0, 0.05) is 18.0 Å². The first kappa shape index (κ1) is 37.2. The minimum absolute atomic E-state index is 0.0394. The van der Waals surface area contributed by atoms with Gasteiger partial charge in [-0.05, 0) is 94.1 Å². The Bertz CT molecular complexity index is 1450. The Morgan fingerprint density at radius 1 is 0.930 bits per heavy atom. The molecule has 1 aromatic heterocycles. The largest absolute Gasteiger partial charge is 0.295 e. The van der Waals surface area contributed by atoms with Gasteiger partial charge in [-0.25, -0.2) is 14.4 Å². The third-order valence-corrected chi connectivity index (χ3v) is 9.40. The van der Waals surface area contributed by atoms with Crippen molar-refractivity contribution in [1.82, 2.24) is 9.97 Å². The average molecular weight is 601 g/mol. The second kappa shape index (κ2) is 18.0. The quantitative estimate of drug-likeness (QED) is 0.112. The molecule has 0 radical (unpaired) electrons. The molecule has 0 fully saturated rings. The summed E-state index contributed by atoms with van der Waals surface area (Å²) in [6, 6.07) is 15.3. The van der Waals surface area contributed by atoms with E-state index in [9.17, 15) is 14.0 Å². The van der Waals surface area contributed by atoms with Crippen LogP contribution >= 0.6 is 7.92 Å². The first-order valence-electron chi connectivity index (χ1n) is 14.3. The van der Waals surface area contributed by atoms with Gasteiger partial charge in [-0.3, -0.25) is 9.59 Å². The summed E-state index contributed by atoms with van der Waals surface area (Å²) >= 11 is 0. The highest BCUT2D eigenvalue weighted by Crippen LogP contribution is 2.55. The van der Waals surface area contributed by atoms with Gasteiger partial charge in [0.05, 0.1) is 5.56 Å². The molecule has 4 nitrogen and oxygen atoms in total. The molecule has 1 atom stereocenters. The predicted octanol–water partition coefficient (Wildman–Crippen LogP) is 9.74. The number of aromatic nitrogens is 2. The van der Waals surface area contributed by atoms with E-state index in [4.69, 9.17) is 0 Å². The first-order chi connectivity index (χ1) is 20.1. The molecule has 228 valence electrons. The molecular weight excluding hydrogens is 554 g/mol. The maximum atomic E-state index is 13.5. The zero-order valence-corrected chi connectivity index (χ0v) is 28.1. The van der Waals surface area contributed by atoms with Gasteiger partial charge in [-0.1, -0.05) is 95.0 Å². The Balaban J connectivity index is 0.000000356. The normalized spacial score (nSPS) is 11.9. The van der Waals surface area contributed by atoms with Crippen molar-refractivity contribution in [3.63, 3.8) is 0 Å². The fourth-order valence-electron chi connectivity index (χ4n) is 3.96. The Morgan fingerprint density at radius 3 is 1.93 bits per heavy atom. The molecule has 0 aliphatic rings. The van der Waals surface area contributed by atoms with Crippen LogP contribution in [0.2, 0.25) is 0 Å². The highest BCUT2D eigenvalue weighted by atomic mass is 31.1. The van der Waals surface area contributed by atoms with Crippen LogP contribution in [0.5, 0.6) is 0 Å². The second-order valence-corrected chi connectivity index (χ2v) is 14.0. The molecule has 0 N–H and O–H groups in total. The van der Waals surface area contributed by atoms with E-state index in [1.165, 1.54) is 42.2 Å². The Labute approximate surface area is 259 Å². The van der Waals surface area contributed by atoms with Crippen molar-refractivity contribution in [2.75, 3.05) is 0 Å². The Hall–Kier alpha value is -3.82. The molecule has 2 aromatic carbocycles. The van der Waals surface area contributed by atoms with E-state index in [1.807, 2.05) is 6.92 Å². The summed E-state index contributed by atoms with van der Waals surface area (Å²) in [6.45, 7) is 25.2. The number of halogens is 1. The summed E-state index contributed by atoms with van der Waals surface area (Å²) in [5, 5.41) is 3.11. The van der Waals surface area contributed by atoms with E-state index in [1.54, 1.807) is 25.4 Å². The number of rotatable bonds is 8. The molecule has 6 heteroatoms. The number of carbonyl (C=O) groups is 2. The number of allylic oxidation sites excluding steroid dienone is 6. The van der Waals surface area contributed by atoms with Crippen molar-refractivity contribution >= 4 is 30.4 Å². The maximum absolute atomic E-state index is 13.5. The summed E-state index contributed by atoms with van der Waals surface area (Å²) < 4.78 is 13.5. The van der Waals surface area contributed by atoms with Gasteiger partial charge in [0.25, 0.3) is 0 Å². The van der Waals surface area contributed by atoms with Gasteiger partial charge in [0.2, 0.25) is 0 Å². The molecule has 3 rings (SSSR count). The van der Waals surface area contributed by atoms with E-state index in [-0.39, 0.29) is 35.8 Å². The van der Waals surface area contributed by atoms with E-state index in [2.05, 4.69) is 106 Å². The van der Waals surface area contributed by atoms with Crippen LogP contribution in [0, 0.1) is 19.7 Å². The molecule has 1 unspecified atom stereocenters. The van der Waals surface area contributed by atoms with Crippen LogP contribution in [0.3, 0.4) is 0 Å². The monoisotopic (exact) mass is 600 g/mol. The van der Waals surface area contributed by atoms with Crippen LogP contribution in [0.25, 0.3) is 5.57 Å². The van der Waals surface area contributed by atoms with Crippen molar-refractivity contribution in [3.05, 3.63) is 132 Å². The van der Waals surface area contributed by atoms with Crippen LogP contribution in [-0.2, 0) is 4.79 Å². The van der Waals surface area contributed by atoms with Crippen LogP contribution in [0.4, 0.5) is 4.39 Å². The van der Waals surface area contributed by atoms with Crippen molar-refractivity contribution in [3.8, 4) is 0 Å². The predicted molar refractivity (Wildman–Crippen MR) is 183 cm³/mol. The van der Waals surface area contributed by atoms with Crippen LogP contribution in [0.15, 0.2) is 103 Å². The molecule has 0 aliphatic heterocycles. The fourth-order valence-corrected chi connectivity index (χ4v) is 6.76. The molecule has 43 heavy (non-hydrogen) atoms. The van der Waals surface area contributed by atoms with Crippen LogP contribution < -0.4 is 5.30 Å². The number of benzene rings is 2. The van der Waals surface area contributed by atoms with Gasteiger partial charge >= 0.3 is 0 Å². The number of ketones is 2. The van der Waals surface area contributed by atoms with Crippen molar-refractivity contribution in [2.24, 2.45) is 0 Å². The number of Topliss-reactive ketones (excluding diaryl/α,β-unsaturated/α-hetero) is 2. The van der Waals surface area contributed by atoms with Gasteiger partial charge in [0.1, 0.15) is 11.6 Å². The minimum Gasteiger partial charge on any atom is -0.295 e. The maximum Gasteiger partial charge on any atom is 0.162 e. The molecule has 0 bridgehead atoms. The highest BCUT2D eigenvalue weighted by Gasteiger charge is 2.27. The number of nitrogens with zero attached hydrogens (tertiary/aromatic N) is 2. The van der Waals surface area contributed by atoms with Crippen molar-refractivity contribution in [1.29, 1.82) is 0 Å². The summed E-state index contributed by atoms with van der Waals surface area (Å²) in [5.41, 5.74) is 2.60. The van der Waals surface area contributed by atoms with Gasteiger partial charge in [-0.2, -0.15) is 0 Å². The lowest BCUT2D eigenvalue weighted by Gasteiger charge is -2.33. The molecule has 3 aromatic rings. The molecule has 0 aliphatic carbocycles. The molecule has 0 saturated heterocycles. The van der Waals surface area contributed by atoms with E-state index in [0.717, 1.165) is 12.2 Å². The summed E-state index contributed by atoms with van der Waals surface area (Å²) in [4.78, 5) is 30.0. The lowest BCUT2D eigenvalue weighted by Crippen LogP contribution is -2.19. The van der Waals surface area contributed by atoms with Gasteiger partial charge < -0.3 is 0 Å². The zero-order valence-electron chi connectivity index (χ0n) is 27.2. The van der Waals surface area contributed by atoms with Crippen molar-refractivity contribution in [2.45, 2.75) is 73.9 Å². The van der Waals surface area contributed by atoms with E-state index in [0.29, 0.717) is 11.1 Å². The number of carbonyl (C=O) groups excluding carboxylic acids is 2. The topological polar surface area (TPSA) is 59.9 Å². The third kappa shape index (κ3) is 12.5. The lowest BCUT2D eigenvalue weighted by molar-refractivity contribution is -0.111. The molecule has 0 amide bonds.